The van der Waals surface area contributed by atoms with Crippen LogP contribution in [0.3, 0.4) is 0 Å². The van der Waals surface area contributed by atoms with E-state index in [1.165, 1.54) is 24.3 Å². The first kappa shape index (κ1) is 29.7. The highest BCUT2D eigenvalue weighted by molar-refractivity contribution is 7.98. The molecule has 2 heterocycles. The molecule has 0 saturated heterocycles. The number of nitrogens with one attached hydrogen (secondary N) is 5. The molecule has 3 rings (SSSR count). The lowest BCUT2D eigenvalue weighted by atomic mass is 10.0. The molecule has 3 aromatic rings. The van der Waals surface area contributed by atoms with Crippen molar-refractivity contribution in [3.63, 3.8) is 0 Å². The van der Waals surface area contributed by atoms with Crippen molar-refractivity contribution >= 4 is 46.4 Å². The Balaban J connectivity index is 1.75. The van der Waals surface area contributed by atoms with Crippen molar-refractivity contribution in [2.45, 2.75) is 43.4 Å². The van der Waals surface area contributed by atoms with E-state index in [1.54, 1.807) is 6.20 Å². The van der Waals surface area contributed by atoms with Crippen molar-refractivity contribution in [2.75, 3.05) is 18.6 Å². The van der Waals surface area contributed by atoms with Crippen LogP contribution in [0.15, 0.2) is 43.0 Å². The fraction of sp³-hybridized carbons (Fsp3) is 0.400. The summed E-state index contributed by atoms with van der Waals surface area (Å²) in [6.45, 7) is -0.615. The van der Waals surface area contributed by atoms with Crippen LogP contribution >= 0.6 is 11.8 Å². The minimum atomic E-state index is -1.24. The third kappa shape index (κ3) is 8.30. The molecule has 0 aliphatic rings. The zero-order valence-corrected chi connectivity index (χ0v) is 22.2. The third-order valence-electron chi connectivity index (χ3n) is 6.10. The van der Waals surface area contributed by atoms with Crippen molar-refractivity contribution in [2.24, 2.45) is 5.73 Å². The lowest BCUT2D eigenvalue weighted by Crippen LogP contribution is -2.58. The second-order valence-corrected chi connectivity index (χ2v) is 9.92. The van der Waals surface area contributed by atoms with Gasteiger partial charge in [-0.25, -0.2) is 9.78 Å². The molecule has 0 aliphatic carbocycles. The highest BCUT2D eigenvalue weighted by Gasteiger charge is 2.31. The summed E-state index contributed by atoms with van der Waals surface area (Å²) in [4.78, 5) is 60.7. The Morgan fingerprint density at radius 1 is 1.00 bits per heavy atom. The van der Waals surface area contributed by atoms with Crippen molar-refractivity contribution in [1.82, 2.24) is 30.9 Å². The Morgan fingerprint density at radius 3 is 2.36 bits per heavy atom. The lowest BCUT2D eigenvalue weighted by Gasteiger charge is -2.25. The van der Waals surface area contributed by atoms with Gasteiger partial charge in [-0.05, 0) is 30.1 Å². The quantitative estimate of drug-likeness (QED) is 0.118. The largest absolute Gasteiger partial charge is 0.480 e. The Labute approximate surface area is 228 Å². The summed E-state index contributed by atoms with van der Waals surface area (Å²) in [6.07, 6.45) is 6.72. The molecule has 0 spiro atoms. The van der Waals surface area contributed by atoms with Gasteiger partial charge in [-0.15, -0.1) is 0 Å². The molecule has 0 bridgehead atoms. The van der Waals surface area contributed by atoms with Gasteiger partial charge in [-0.2, -0.15) is 11.8 Å². The molecule has 0 aliphatic heterocycles. The van der Waals surface area contributed by atoms with Gasteiger partial charge in [0.25, 0.3) is 0 Å². The Morgan fingerprint density at radius 2 is 1.69 bits per heavy atom. The number of para-hydroxylation sites is 1. The summed E-state index contributed by atoms with van der Waals surface area (Å²) < 4.78 is 0. The van der Waals surface area contributed by atoms with Crippen LogP contribution in [-0.2, 0) is 32.0 Å². The first-order chi connectivity index (χ1) is 18.7. The number of benzene rings is 1. The highest BCUT2D eigenvalue weighted by Crippen LogP contribution is 2.19. The van der Waals surface area contributed by atoms with Crippen LogP contribution in [-0.4, -0.2) is 91.6 Å². The average Bonchev–Trinajstić information content (AvgIpc) is 3.59. The molecule has 1 aromatic carbocycles. The lowest BCUT2D eigenvalue weighted by molar-refractivity contribution is -0.142. The fourth-order valence-electron chi connectivity index (χ4n) is 3.96. The predicted octanol–water partition coefficient (Wildman–Crippen LogP) is -0.712. The van der Waals surface area contributed by atoms with Crippen LogP contribution < -0.4 is 21.7 Å². The number of carboxylic acids is 1. The van der Waals surface area contributed by atoms with Gasteiger partial charge >= 0.3 is 5.97 Å². The smallest absolute Gasteiger partial charge is 0.326 e. The number of hydrogen-bond acceptors (Lipinski definition) is 8. The Bertz CT molecular complexity index is 1260. The number of nitrogens with two attached hydrogens (primary N) is 1. The molecule has 0 radical (unpaired) electrons. The number of carbonyl (C=O) groups excluding carboxylic acids is 3. The van der Waals surface area contributed by atoms with Crippen molar-refractivity contribution in [3.8, 4) is 0 Å². The van der Waals surface area contributed by atoms with E-state index in [0.29, 0.717) is 11.4 Å². The molecule has 0 fully saturated rings. The number of H-pyrrole nitrogens is 2. The molecular weight excluding hydrogens is 526 g/mol. The summed E-state index contributed by atoms with van der Waals surface area (Å²) in [7, 11) is 0. The summed E-state index contributed by atoms with van der Waals surface area (Å²) in [5.41, 5.74) is 7.71. The number of imidazole rings is 1. The number of fused-ring (bicyclic) bond motifs is 1. The molecule has 210 valence electrons. The van der Waals surface area contributed by atoms with E-state index in [4.69, 9.17) is 5.73 Å². The maximum absolute atomic E-state index is 13.2. The van der Waals surface area contributed by atoms with Crippen molar-refractivity contribution < 1.29 is 29.4 Å². The van der Waals surface area contributed by atoms with Crippen LogP contribution in [0.2, 0.25) is 0 Å². The zero-order chi connectivity index (χ0) is 28.4. The van der Waals surface area contributed by atoms with Crippen molar-refractivity contribution in [1.29, 1.82) is 0 Å². The number of aliphatic hydroxyl groups excluding tert-OH is 1. The molecular formula is C25H33N7O6S. The van der Waals surface area contributed by atoms with E-state index in [-0.39, 0.29) is 19.3 Å². The molecule has 14 heteroatoms. The van der Waals surface area contributed by atoms with Gasteiger partial charge in [-0.1, -0.05) is 18.2 Å². The summed E-state index contributed by atoms with van der Waals surface area (Å²) in [5, 5.41) is 27.6. The second kappa shape index (κ2) is 14.3. The summed E-state index contributed by atoms with van der Waals surface area (Å²) in [6, 6.07) is 2.75. The maximum Gasteiger partial charge on any atom is 0.326 e. The number of amides is 3. The van der Waals surface area contributed by atoms with Gasteiger partial charge in [0.2, 0.25) is 17.7 Å². The first-order valence-electron chi connectivity index (χ1n) is 12.2. The number of thioether (sulfide) groups is 1. The number of rotatable bonds is 15. The van der Waals surface area contributed by atoms with Crippen molar-refractivity contribution in [3.05, 3.63) is 54.2 Å². The number of aromatic nitrogens is 3. The van der Waals surface area contributed by atoms with E-state index in [2.05, 4.69) is 30.9 Å². The molecule has 3 amide bonds. The van der Waals surface area contributed by atoms with E-state index < -0.39 is 54.5 Å². The molecule has 39 heavy (non-hydrogen) atoms. The normalized spacial score (nSPS) is 14.2. The summed E-state index contributed by atoms with van der Waals surface area (Å²) >= 11 is 1.46. The van der Waals surface area contributed by atoms with E-state index in [0.717, 1.165) is 16.5 Å². The van der Waals surface area contributed by atoms with Gasteiger partial charge in [0.05, 0.1) is 12.9 Å². The first-order valence-corrected chi connectivity index (χ1v) is 13.6. The monoisotopic (exact) mass is 559 g/mol. The standard InChI is InChI=1S/C25H33N7O6S/c1-39-7-6-19(30-24(36)20(9-15-11-27-13-29-15)31-22(34)17(26)12-33)23(35)32-21(25(37)38)8-14-10-28-18-5-3-2-4-16(14)18/h2-5,10-11,13,17,19-21,28,33H,6-9,12,26H2,1H3,(H,27,29)(H,30,36)(H,31,34)(H,32,35)(H,37,38). The van der Waals surface area contributed by atoms with Gasteiger partial charge < -0.3 is 41.9 Å². The molecule has 4 unspecified atom stereocenters. The number of carboxylic acid groups (broad SMARTS) is 1. The molecule has 0 saturated carbocycles. The van der Waals surface area contributed by atoms with E-state index in [9.17, 15) is 29.4 Å². The van der Waals surface area contributed by atoms with Crippen LogP contribution in [0.5, 0.6) is 0 Å². The maximum atomic E-state index is 13.2. The SMILES string of the molecule is CSCCC(NC(=O)C(Cc1cnc[nH]1)NC(=O)C(N)CO)C(=O)NC(Cc1c[nH]c2ccccc12)C(=O)O. The van der Waals surface area contributed by atoms with Gasteiger partial charge in [-0.3, -0.25) is 14.4 Å². The van der Waals surface area contributed by atoms with Crippen LogP contribution in [0.4, 0.5) is 0 Å². The van der Waals surface area contributed by atoms with Crippen LogP contribution in [0, 0.1) is 0 Å². The van der Waals surface area contributed by atoms with Crippen LogP contribution in [0.1, 0.15) is 17.7 Å². The zero-order valence-electron chi connectivity index (χ0n) is 21.3. The Kier molecular flexibility index (Phi) is 10.9. The average molecular weight is 560 g/mol. The summed E-state index contributed by atoms with van der Waals surface area (Å²) in [5.74, 6) is -2.79. The number of nitrogens with zero attached hydrogens (tertiary/aromatic N) is 1. The number of carbonyl (C=O) groups is 4. The van der Waals surface area contributed by atoms with E-state index >= 15 is 0 Å². The third-order valence-corrected chi connectivity index (χ3v) is 6.75. The molecule has 4 atom stereocenters. The molecule has 9 N–H and O–H groups in total. The number of aromatic amines is 2. The number of hydrogen-bond donors (Lipinski definition) is 8. The van der Waals surface area contributed by atoms with Gasteiger partial charge in [0, 0.05) is 41.8 Å². The molecule has 2 aromatic heterocycles. The fourth-order valence-corrected chi connectivity index (χ4v) is 4.43. The number of aliphatic carboxylic acids is 1. The van der Waals surface area contributed by atoms with Gasteiger partial charge in [0.1, 0.15) is 24.2 Å². The molecule has 13 nitrogen and oxygen atoms in total. The topological polar surface area (TPSA) is 215 Å². The Hall–Kier alpha value is -3.88. The van der Waals surface area contributed by atoms with Gasteiger partial charge in [0.15, 0.2) is 0 Å². The number of aliphatic hydroxyl groups is 1. The minimum absolute atomic E-state index is 0.0188. The van der Waals surface area contributed by atoms with E-state index in [1.807, 2.05) is 30.5 Å². The second-order valence-electron chi connectivity index (χ2n) is 8.94. The minimum Gasteiger partial charge on any atom is -0.480 e. The van der Waals surface area contributed by atoms with Crippen LogP contribution in [0.25, 0.3) is 10.9 Å². The predicted molar refractivity (Wildman–Crippen MR) is 146 cm³/mol. The highest BCUT2D eigenvalue weighted by atomic mass is 32.2.